The molecule has 2 atom stereocenters. The number of nitrogens with two attached hydrogens (primary N) is 1. The maximum absolute atomic E-state index is 11.2. The van der Waals surface area contributed by atoms with Crippen LogP contribution < -0.4 is 5.73 Å². The molecule has 0 amide bonds. The highest BCUT2D eigenvalue weighted by Gasteiger charge is 2.27. The molecule has 0 radical (unpaired) electrons. The van der Waals surface area contributed by atoms with Crippen molar-refractivity contribution in [1.29, 1.82) is 0 Å². The first-order chi connectivity index (χ1) is 7.13. The predicted molar refractivity (Wildman–Crippen MR) is 57.4 cm³/mol. The van der Waals surface area contributed by atoms with Crippen LogP contribution in [0.2, 0.25) is 0 Å². The average Bonchev–Trinajstić information content (AvgIpc) is 2.60. The quantitative estimate of drug-likeness (QED) is 0.697. The first kappa shape index (κ1) is 12.5. The fourth-order valence-electron chi connectivity index (χ4n) is 1.96. The van der Waals surface area contributed by atoms with Crippen LogP contribution in [0, 0.1) is 5.92 Å². The van der Waals surface area contributed by atoms with Crippen molar-refractivity contribution in [3.8, 4) is 0 Å². The monoisotopic (exact) mass is 215 g/mol. The van der Waals surface area contributed by atoms with Gasteiger partial charge >= 0.3 is 5.97 Å². The van der Waals surface area contributed by atoms with E-state index in [2.05, 4.69) is 0 Å². The fourth-order valence-corrected chi connectivity index (χ4v) is 1.96. The molecule has 1 aliphatic rings. The predicted octanol–water partition coefficient (Wildman–Crippen LogP) is 1.08. The molecular formula is C11H21NO3. The van der Waals surface area contributed by atoms with Crippen LogP contribution in [0.4, 0.5) is 0 Å². The lowest BCUT2D eigenvalue weighted by Gasteiger charge is -2.18. The third-order valence-corrected chi connectivity index (χ3v) is 2.67. The molecule has 1 saturated carbocycles. The van der Waals surface area contributed by atoms with Crippen LogP contribution in [0.15, 0.2) is 0 Å². The van der Waals surface area contributed by atoms with E-state index in [0.717, 1.165) is 19.3 Å². The Morgan fingerprint density at radius 3 is 2.80 bits per heavy atom. The van der Waals surface area contributed by atoms with Crippen LogP contribution in [0.1, 0.15) is 33.1 Å². The molecule has 0 aliphatic heterocycles. The maximum atomic E-state index is 11.2. The summed E-state index contributed by atoms with van der Waals surface area (Å²) >= 11 is 0. The summed E-state index contributed by atoms with van der Waals surface area (Å²) in [5.74, 6) is 0.129. The molecule has 15 heavy (non-hydrogen) atoms. The normalized spacial score (nSPS) is 25.9. The van der Waals surface area contributed by atoms with Crippen molar-refractivity contribution in [3.05, 3.63) is 0 Å². The van der Waals surface area contributed by atoms with E-state index in [1.54, 1.807) is 0 Å². The van der Waals surface area contributed by atoms with Crippen molar-refractivity contribution in [2.45, 2.75) is 45.3 Å². The Hall–Kier alpha value is -0.610. The number of hydrogen-bond donors (Lipinski definition) is 1. The van der Waals surface area contributed by atoms with Crippen LogP contribution in [0.5, 0.6) is 0 Å². The summed E-state index contributed by atoms with van der Waals surface area (Å²) in [5, 5.41) is 0. The molecule has 88 valence electrons. The molecule has 2 unspecified atom stereocenters. The topological polar surface area (TPSA) is 61.5 Å². The first-order valence-corrected chi connectivity index (χ1v) is 5.64. The van der Waals surface area contributed by atoms with Crippen molar-refractivity contribution >= 4 is 5.97 Å². The summed E-state index contributed by atoms with van der Waals surface area (Å²) in [6, 6.07) is 0. The van der Waals surface area contributed by atoms with Crippen LogP contribution in [0.25, 0.3) is 0 Å². The lowest BCUT2D eigenvalue weighted by atomic mass is 10.1. The number of rotatable bonds is 5. The Morgan fingerprint density at radius 2 is 2.20 bits per heavy atom. The molecule has 0 heterocycles. The summed E-state index contributed by atoms with van der Waals surface area (Å²) < 4.78 is 10.5. The second-order valence-corrected chi connectivity index (χ2v) is 4.31. The largest absolute Gasteiger partial charge is 0.461 e. The summed E-state index contributed by atoms with van der Waals surface area (Å²) in [5.41, 5.74) is 5.62. The van der Waals surface area contributed by atoms with Crippen LogP contribution in [0.3, 0.4) is 0 Å². The summed E-state index contributed by atoms with van der Waals surface area (Å²) in [6.07, 6.45) is 3.34. The zero-order chi connectivity index (χ0) is 11.3. The van der Waals surface area contributed by atoms with E-state index in [0.29, 0.717) is 12.5 Å². The van der Waals surface area contributed by atoms with Gasteiger partial charge in [-0.1, -0.05) is 6.42 Å². The van der Waals surface area contributed by atoms with Crippen molar-refractivity contribution in [1.82, 2.24) is 0 Å². The van der Waals surface area contributed by atoms with Crippen LogP contribution in [-0.4, -0.2) is 31.3 Å². The van der Waals surface area contributed by atoms with Gasteiger partial charge in [0.1, 0.15) is 6.61 Å². The smallest absolute Gasteiger partial charge is 0.332 e. The van der Waals surface area contributed by atoms with E-state index in [1.165, 1.54) is 0 Å². The van der Waals surface area contributed by atoms with Crippen LogP contribution >= 0.6 is 0 Å². The van der Waals surface area contributed by atoms with E-state index in [4.69, 9.17) is 15.2 Å². The van der Waals surface area contributed by atoms with Crippen LogP contribution in [-0.2, 0) is 14.3 Å². The number of ether oxygens (including phenoxy) is 2. The Morgan fingerprint density at radius 1 is 1.47 bits per heavy atom. The summed E-state index contributed by atoms with van der Waals surface area (Å²) in [4.78, 5) is 11.2. The first-order valence-electron chi connectivity index (χ1n) is 5.64. The minimum absolute atomic E-state index is 0.0549. The third kappa shape index (κ3) is 4.18. The molecule has 1 aliphatic carbocycles. The van der Waals surface area contributed by atoms with E-state index >= 15 is 0 Å². The minimum atomic E-state index is -0.285. The molecule has 2 N–H and O–H groups in total. The van der Waals surface area contributed by atoms with Gasteiger partial charge in [-0.25, -0.2) is 4.79 Å². The van der Waals surface area contributed by atoms with Gasteiger partial charge in [0.15, 0.2) is 0 Å². The second kappa shape index (κ2) is 6.08. The maximum Gasteiger partial charge on any atom is 0.332 e. The molecule has 4 heteroatoms. The Balaban J connectivity index is 2.21. The van der Waals surface area contributed by atoms with E-state index in [1.807, 2.05) is 13.8 Å². The van der Waals surface area contributed by atoms with Gasteiger partial charge in [0.05, 0.1) is 12.2 Å². The molecule has 0 bridgehead atoms. The molecule has 0 spiro atoms. The molecular weight excluding hydrogens is 194 g/mol. The van der Waals surface area contributed by atoms with Gasteiger partial charge in [-0.05, 0) is 39.2 Å². The fraction of sp³-hybridized carbons (Fsp3) is 0.909. The number of hydrogen-bond acceptors (Lipinski definition) is 4. The molecule has 1 rings (SSSR count). The van der Waals surface area contributed by atoms with Gasteiger partial charge in [-0.2, -0.15) is 0 Å². The minimum Gasteiger partial charge on any atom is -0.461 e. The molecule has 0 aromatic rings. The zero-order valence-corrected chi connectivity index (χ0v) is 9.57. The van der Waals surface area contributed by atoms with Crippen molar-refractivity contribution < 1.29 is 14.3 Å². The van der Waals surface area contributed by atoms with Crippen molar-refractivity contribution in [2.75, 3.05) is 13.2 Å². The van der Waals surface area contributed by atoms with Gasteiger partial charge in [0.2, 0.25) is 0 Å². The molecule has 0 aromatic carbocycles. The van der Waals surface area contributed by atoms with Gasteiger partial charge in [0, 0.05) is 0 Å². The van der Waals surface area contributed by atoms with E-state index in [-0.39, 0.29) is 24.8 Å². The zero-order valence-electron chi connectivity index (χ0n) is 9.57. The second-order valence-electron chi connectivity index (χ2n) is 4.31. The Labute approximate surface area is 91.1 Å². The summed E-state index contributed by atoms with van der Waals surface area (Å²) in [7, 11) is 0. The highest BCUT2D eigenvalue weighted by Crippen LogP contribution is 2.27. The molecule has 0 aromatic heterocycles. The number of esters is 1. The highest BCUT2D eigenvalue weighted by atomic mass is 16.6. The van der Waals surface area contributed by atoms with Gasteiger partial charge in [-0.15, -0.1) is 0 Å². The SMILES string of the molecule is CC(C)OC(=O)COC1CCCC1CN. The average molecular weight is 215 g/mol. The van der Waals surface area contributed by atoms with Crippen molar-refractivity contribution in [2.24, 2.45) is 11.7 Å². The van der Waals surface area contributed by atoms with E-state index < -0.39 is 0 Å². The number of carbonyl (C=O) groups is 1. The Kier molecular flexibility index (Phi) is 5.05. The third-order valence-electron chi connectivity index (χ3n) is 2.67. The standard InChI is InChI=1S/C11H21NO3/c1-8(2)15-11(13)7-14-10-5-3-4-9(10)6-12/h8-10H,3-7,12H2,1-2H3. The van der Waals surface area contributed by atoms with Gasteiger partial charge in [0.25, 0.3) is 0 Å². The lowest BCUT2D eigenvalue weighted by molar-refractivity contribution is -0.155. The van der Waals surface area contributed by atoms with Crippen molar-refractivity contribution in [3.63, 3.8) is 0 Å². The molecule has 4 nitrogen and oxygen atoms in total. The molecule has 1 fully saturated rings. The molecule has 0 saturated heterocycles. The highest BCUT2D eigenvalue weighted by molar-refractivity contribution is 5.70. The Bertz CT molecular complexity index is 206. The van der Waals surface area contributed by atoms with Gasteiger partial charge < -0.3 is 15.2 Å². The van der Waals surface area contributed by atoms with Gasteiger partial charge in [-0.3, -0.25) is 0 Å². The summed E-state index contributed by atoms with van der Waals surface area (Å²) in [6.45, 7) is 4.36. The number of carbonyl (C=O) groups excluding carboxylic acids is 1. The lowest BCUT2D eigenvalue weighted by Crippen LogP contribution is -2.28. The van der Waals surface area contributed by atoms with E-state index in [9.17, 15) is 4.79 Å².